The summed E-state index contributed by atoms with van der Waals surface area (Å²) in [7, 11) is 1.29. The van der Waals surface area contributed by atoms with Crippen LogP contribution in [0.2, 0.25) is 0 Å². The molecule has 5 heteroatoms. The first kappa shape index (κ1) is 13.8. The van der Waals surface area contributed by atoms with Gasteiger partial charge in [0, 0.05) is 0 Å². The predicted molar refractivity (Wildman–Crippen MR) is 62.5 cm³/mol. The molecule has 0 bridgehead atoms. The van der Waals surface area contributed by atoms with Crippen molar-refractivity contribution >= 4 is 12.1 Å². The van der Waals surface area contributed by atoms with Crippen LogP contribution in [0.4, 0.5) is 4.79 Å². The van der Waals surface area contributed by atoms with Crippen LogP contribution in [-0.4, -0.2) is 31.8 Å². The van der Waals surface area contributed by atoms with Crippen LogP contribution in [0.25, 0.3) is 0 Å². The maximum Gasteiger partial charge on any atom is 0.407 e. The van der Waals surface area contributed by atoms with Crippen molar-refractivity contribution in [1.29, 1.82) is 0 Å². The third-order valence-electron chi connectivity index (χ3n) is 3.21. The molecule has 98 valence electrons. The average molecular weight is 243 g/mol. The normalized spacial score (nSPS) is 25.1. The van der Waals surface area contributed by atoms with Crippen molar-refractivity contribution in [3.05, 3.63) is 0 Å². The summed E-state index contributed by atoms with van der Waals surface area (Å²) in [6.07, 6.45) is 2.38. The number of amides is 1. The number of nitrogens with one attached hydrogen (secondary N) is 1. The van der Waals surface area contributed by atoms with E-state index >= 15 is 0 Å². The van der Waals surface area contributed by atoms with E-state index in [9.17, 15) is 9.59 Å². The van der Waals surface area contributed by atoms with Crippen LogP contribution in [0.15, 0.2) is 0 Å². The Hall–Kier alpha value is -1.26. The first-order valence-electron chi connectivity index (χ1n) is 6.09. The Morgan fingerprint density at radius 3 is 2.59 bits per heavy atom. The van der Waals surface area contributed by atoms with Crippen LogP contribution in [0.1, 0.15) is 33.1 Å². The second-order valence-electron chi connectivity index (χ2n) is 4.54. The van der Waals surface area contributed by atoms with Crippen molar-refractivity contribution in [2.45, 2.75) is 39.2 Å². The molecule has 0 heterocycles. The third kappa shape index (κ3) is 3.91. The predicted octanol–water partition coefficient (Wildman–Crippen LogP) is 1.71. The molecule has 3 atom stereocenters. The first-order valence-corrected chi connectivity index (χ1v) is 6.09. The number of hydrogen-bond acceptors (Lipinski definition) is 4. The van der Waals surface area contributed by atoms with Gasteiger partial charge >= 0.3 is 12.1 Å². The number of esters is 1. The van der Waals surface area contributed by atoms with E-state index < -0.39 is 12.1 Å². The summed E-state index contributed by atoms with van der Waals surface area (Å²) in [6, 6.07) is -0.577. The molecule has 0 saturated heterocycles. The van der Waals surface area contributed by atoms with Gasteiger partial charge in [0.2, 0.25) is 0 Å². The van der Waals surface area contributed by atoms with Crippen LogP contribution in [-0.2, 0) is 14.3 Å². The molecule has 5 nitrogen and oxygen atoms in total. The van der Waals surface area contributed by atoms with Crippen LogP contribution < -0.4 is 5.32 Å². The van der Waals surface area contributed by atoms with Crippen molar-refractivity contribution in [2.75, 3.05) is 13.7 Å². The molecular weight excluding hydrogens is 222 g/mol. The molecule has 2 unspecified atom stereocenters. The minimum absolute atomic E-state index is 0.156. The Morgan fingerprint density at radius 2 is 2.12 bits per heavy atom. The lowest BCUT2D eigenvalue weighted by Crippen LogP contribution is -2.46. The average Bonchev–Trinajstić information content (AvgIpc) is 2.72. The lowest BCUT2D eigenvalue weighted by atomic mass is 9.97. The standard InChI is InChI=1S/C12H21NO4/c1-4-17-11(14)10(13-12(15)16-3)9-6-5-8(2)7-9/h8-10H,4-7H2,1-3H3,(H,13,15)/t8-,9?,10?/m0/s1. The molecule has 1 aliphatic carbocycles. The summed E-state index contributed by atoms with van der Waals surface area (Å²) < 4.78 is 9.53. The smallest absolute Gasteiger partial charge is 0.407 e. The fourth-order valence-corrected chi connectivity index (χ4v) is 2.34. The van der Waals surface area contributed by atoms with Crippen molar-refractivity contribution in [3.8, 4) is 0 Å². The maximum atomic E-state index is 11.8. The summed E-state index contributed by atoms with van der Waals surface area (Å²) in [5.74, 6) is 0.386. The van der Waals surface area contributed by atoms with Crippen molar-refractivity contribution in [2.24, 2.45) is 11.8 Å². The van der Waals surface area contributed by atoms with Gasteiger partial charge in [-0.25, -0.2) is 9.59 Å². The summed E-state index contributed by atoms with van der Waals surface area (Å²) in [6.45, 7) is 4.23. The van der Waals surface area contributed by atoms with Gasteiger partial charge in [-0.2, -0.15) is 0 Å². The van der Waals surface area contributed by atoms with Gasteiger partial charge < -0.3 is 14.8 Å². The number of ether oxygens (including phenoxy) is 2. The van der Waals surface area contributed by atoms with E-state index in [2.05, 4.69) is 17.0 Å². The Kier molecular flexibility index (Phi) is 5.25. The number of alkyl carbamates (subject to hydrolysis) is 1. The Balaban J connectivity index is 2.64. The highest BCUT2D eigenvalue weighted by Gasteiger charge is 2.35. The lowest BCUT2D eigenvalue weighted by Gasteiger charge is -2.22. The second-order valence-corrected chi connectivity index (χ2v) is 4.54. The van der Waals surface area contributed by atoms with Gasteiger partial charge in [0.15, 0.2) is 0 Å². The Bertz CT molecular complexity index is 280. The molecular formula is C12H21NO4. The van der Waals surface area contributed by atoms with E-state index in [4.69, 9.17) is 4.74 Å². The zero-order valence-electron chi connectivity index (χ0n) is 10.7. The highest BCUT2D eigenvalue weighted by molar-refractivity contribution is 5.81. The van der Waals surface area contributed by atoms with Gasteiger partial charge in [0.25, 0.3) is 0 Å². The highest BCUT2D eigenvalue weighted by atomic mass is 16.5. The molecule has 17 heavy (non-hydrogen) atoms. The number of carbonyl (C=O) groups is 2. The number of hydrogen-bond donors (Lipinski definition) is 1. The molecule has 1 N–H and O–H groups in total. The van der Waals surface area contributed by atoms with E-state index in [0.29, 0.717) is 12.5 Å². The molecule has 0 spiro atoms. The number of rotatable bonds is 4. The van der Waals surface area contributed by atoms with Crippen molar-refractivity contribution in [3.63, 3.8) is 0 Å². The number of methoxy groups -OCH3 is 1. The van der Waals surface area contributed by atoms with E-state index in [1.165, 1.54) is 7.11 Å². The van der Waals surface area contributed by atoms with Crippen molar-refractivity contribution < 1.29 is 19.1 Å². The summed E-state index contributed by atoms with van der Waals surface area (Å²) in [4.78, 5) is 23.0. The summed E-state index contributed by atoms with van der Waals surface area (Å²) in [5, 5.41) is 2.58. The minimum Gasteiger partial charge on any atom is -0.464 e. The molecule has 1 fully saturated rings. The fraction of sp³-hybridized carbons (Fsp3) is 0.833. The lowest BCUT2D eigenvalue weighted by molar-refractivity contribution is -0.147. The quantitative estimate of drug-likeness (QED) is 0.763. The van der Waals surface area contributed by atoms with Gasteiger partial charge in [0.05, 0.1) is 13.7 Å². The molecule has 0 aliphatic heterocycles. The molecule has 0 aromatic heterocycles. The van der Waals surface area contributed by atoms with Gasteiger partial charge in [-0.1, -0.05) is 13.3 Å². The first-order chi connectivity index (χ1) is 8.08. The largest absolute Gasteiger partial charge is 0.464 e. The Labute approximate surface area is 102 Å². The monoisotopic (exact) mass is 243 g/mol. The summed E-state index contributed by atoms with van der Waals surface area (Å²) in [5.41, 5.74) is 0. The SMILES string of the molecule is CCOC(=O)C(NC(=O)OC)C1CC[C@H](C)C1. The van der Waals surface area contributed by atoms with Gasteiger partial charge in [-0.05, 0) is 31.6 Å². The third-order valence-corrected chi connectivity index (χ3v) is 3.21. The Morgan fingerprint density at radius 1 is 1.41 bits per heavy atom. The summed E-state index contributed by atoms with van der Waals surface area (Å²) >= 11 is 0. The van der Waals surface area contributed by atoms with E-state index in [1.807, 2.05) is 0 Å². The molecule has 1 aliphatic rings. The van der Waals surface area contributed by atoms with Gasteiger partial charge in [-0.15, -0.1) is 0 Å². The van der Waals surface area contributed by atoms with Crippen molar-refractivity contribution in [1.82, 2.24) is 5.32 Å². The molecule has 0 aromatic carbocycles. The van der Waals surface area contributed by atoms with Crippen LogP contribution in [0.5, 0.6) is 0 Å². The maximum absolute atomic E-state index is 11.8. The molecule has 1 rings (SSSR count). The van der Waals surface area contributed by atoms with E-state index in [-0.39, 0.29) is 11.9 Å². The molecule has 1 saturated carbocycles. The molecule has 0 aromatic rings. The fourth-order valence-electron chi connectivity index (χ4n) is 2.34. The van der Waals surface area contributed by atoms with Crippen LogP contribution in [0.3, 0.4) is 0 Å². The highest BCUT2D eigenvalue weighted by Crippen LogP contribution is 2.33. The topological polar surface area (TPSA) is 64.6 Å². The minimum atomic E-state index is -0.581. The zero-order valence-corrected chi connectivity index (χ0v) is 10.7. The zero-order chi connectivity index (χ0) is 12.8. The van der Waals surface area contributed by atoms with Crippen LogP contribution in [0, 0.1) is 11.8 Å². The van der Waals surface area contributed by atoms with E-state index in [1.54, 1.807) is 6.92 Å². The van der Waals surface area contributed by atoms with Gasteiger partial charge in [-0.3, -0.25) is 0 Å². The van der Waals surface area contributed by atoms with E-state index in [0.717, 1.165) is 19.3 Å². The molecule has 1 amide bonds. The second kappa shape index (κ2) is 6.47. The van der Waals surface area contributed by atoms with Gasteiger partial charge in [0.1, 0.15) is 6.04 Å². The van der Waals surface area contributed by atoms with Crippen LogP contribution >= 0.6 is 0 Å². The molecule has 0 radical (unpaired) electrons. The number of carbonyl (C=O) groups excluding carboxylic acids is 2.